The van der Waals surface area contributed by atoms with Crippen LogP contribution < -0.4 is 0 Å². The largest absolute Gasteiger partial charge is 0.192 e. The lowest BCUT2D eigenvalue weighted by molar-refractivity contribution is 1.41. The van der Waals surface area contributed by atoms with E-state index in [-0.39, 0.29) is 0 Å². The van der Waals surface area contributed by atoms with E-state index in [1.807, 2.05) is 25.1 Å². The summed E-state index contributed by atoms with van der Waals surface area (Å²) in [5, 5.41) is 8.59. The van der Waals surface area contributed by atoms with Crippen LogP contribution in [0.3, 0.4) is 0 Å². The SMILES string of the molecule is C#Cc1cc(C)ccc1C#N. The Bertz CT molecular complexity index is 350. The summed E-state index contributed by atoms with van der Waals surface area (Å²) in [5.74, 6) is 2.46. The van der Waals surface area contributed by atoms with Crippen LogP contribution in [0.2, 0.25) is 0 Å². The third-order valence-electron chi connectivity index (χ3n) is 1.45. The maximum Gasteiger partial charge on any atom is 0.100 e. The van der Waals surface area contributed by atoms with Crippen LogP contribution in [0.5, 0.6) is 0 Å². The van der Waals surface area contributed by atoms with E-state index >= 15 is 0 Å². The van der Waals surface area contributed by atoms with E-state index in [4.69, 9.17) is 11.7 Å². The summed E-state index contributed by atoms with van der Waals surface area (Å²) in [6.07, 6.45) is 5.19. The zero-order valence-electron chi connectivity index (χ0n) is 6.26. The molecule has 0 aliphatic carbocycles. The standard InChI is InChI=1S/C10H7N/c1-3-9-6-8(2)4-5-10(9)7-11/h1,4-6H,2H3. The zero-order chi connectivity index (χ0) is 8.27. The van der Waals surface area contributed by atoms with Gasteiger partial charge in [-0.2, -0.15) is 5.26 Å². The van der Waals surface area contributed by atoms with Crippen molar-refractivity contribution >= 4 is 0 Å². The van der Waals surface area contributed by atoms with Crippen LogP contribution in [-0.4, -0.2) is 0 Å². The molecule has 0 saturated heterocycles. The molecule has 0 aliphatic rings. The Morgan fingerprint density at radius 3 is 2.64 bits per heavy atom. The van der Waals surface area contributed by atoms with E-state index in [1.54, 1.807) is 6.07 Å². The van der Waals surface area contributed by atoms with E-state index < -0.39 is 0 Å². The molecule has 1 nitrogen and oxygen atoms in total. The van der Waals surface area contributed by atoms with Crippen molar-refractivity contribution in [2.24, 2.45) is 0 Å². The summed E-state index contributed by atoms with van der Waals surface area (Å²) in [4.78, 5) is 0. The zero-order valence-corrected chi connectivity index (χ0v) is 6.26. The maximum absolute atomic E-state index is 8.59. The van der Waals surface area contributed by atoms with E-state index in [0.29, 0.717) is 11.1 Å². The van der Waals surface area contributed by atoms with Crippen molar-refractivity contribution in [3.63, 3.8) is 0 Å². The first-order valence-corrected chi connectivity index (χ1v) is 3.25. The lowest BCUT2D eigenvalue weighted by atomic mass is 10.1. The molecule has 11 heavy (non-hydrogen) atoms. The summed E-state index contributed by atoms with van der Waals surface area (Å²) >= 11 is 0. The molecule has 0 amide bonds. The quantitative estimate of drug-likeness (QED) is 0.506. The smallest absolute Gasteiger partial charge is 0.100 e. The second-order valence-corrected chi connectivity index (χ2v) is 2.31. The number of nitriles is 1. The van der Waals surface area contributed by atoms with Gasteiger partial charge in [-0.25, -0.2) is 0 Å². The van der Waals surface area contributed by atoms with Gasteiger partial charge in [-0.05, 0) is 24.6 Å². The molecule has 0 spiro atoms. The Morgan fingerprint density at radius 1 is 1.36 bits per heavy atom. The molecular weight excluding hydrogens is 134 g/mol. The highest BCUT2D eigenvalue weighted by atomic mass is 14.2. The van der Waals surface area contributed by atoms with Gasteiger partial charge in [0.05, 0.1) is 5.56 Å². The van der Waals surface area contributed by atoms with Crippen molar-refractivity contribution in [3.05, 3.63) is 34.9 Å². The minimum Gasteiger partial charge on any atom is -0.192 e. The minimum absolute atomic E-state index is 0.568. The summed E-state index contributed by atoms with van der Waals surface area (Å²) in [6, 6.07) is 7.48. The van der Waals surface area contributed by atoms with E-state index in [1.165, 1.54) is 0 Å². The van der Waals surface area contributed by atoms with Crippen molar-refractivity contribution in [1.29, 1.82) is 5.26 Å². The van der Waals surface area contributed by atoms with Crippen LogP contribution in [0.15, 0.2) is 18.2 Å². The highest BCUT2D eigenvalue weighted by Crippen LogP contribution is 2.08. The Morgan fingerprint density at radius 2 is 2.09 bits per heavy atom. The summed E-state index contributed by atoms with van der Waals surface area (Å²) in [7, 11) is 0. The van der Waals surface area contributed by atoms with Gasteiger partial charge in [-0.15, -0.1) is 6.42 Å². The van der Waals surface area contributed by atoms with Gasteiger partial charge < -0.3 is 0 Å². The van der Waals surface area contributed by atoms with Crippen LogP contribution in [-0.2, 0) is 0 Å². The van der Waals surface area contributed by atoms with Gasteiger partial charge in [0.2, 0.25) is 0 Å². The first kappa shape index (κ1) is 7.38. The number of nitrogens with zero attached hydrogens (tertiary/aromatic N) is 1. The molecule has 0 aliphatic heterocycles. The average Bonchev–Trinajstić information content (AvgIpc) is 2.04. The molecule has 1 rings (SSSR count). The van der Waals surface area contributed by atoms with Crippen molar-refractivity contribution in [2.45, 2.75) is 6.92 Å². The fourth-order valence-electron chi connectivity index (χ4n) is 0.875. The molecular formula is C10H7N. The van der Waals surface area contributed by atoms with Crippen LogP contribution in [0.1, 0.15) is 16.7 Å². The minimum atomic E-state index is 0.568. The molecule has 0 fully saturated rings. The number of benzene rings is 1. The first-order chi connectivity index (χ1) is 5.27. The molecule has 0 heterocycles. The van der Waals surface area contributed by atoms with Crippen LogP contribution in [0, 0.1) is 30.6 Å². The molecule has 0 saturated carbocycles. The maximum atomic E-state index is 8.59. The highest BCUT2D eigenvalue weighted by Gasteiger charge is 1.96. The lowest BCUT2D eigenvalue weighted by Crippen LogP contribution is -1.83. The van der Waals surface area contributed by atoms with Gasteiger partial charge in [0, 0.05) is 5.56 Å². The van der Waals surface area contributed by atoms with Crippen molar-refractivity contribution < 1.29 is 0 Å². The van der Waals surface area contributed by atoms with Crippen molar-refractivity contribution in [3.8, 4) is 18.4 Å². The predicted octanol–water partition coefficient (Wildman–Crippen LogP) is 1.85. The predicted molar refractivity (Wildman–Crippen MR) is 43.8 cm³/mol. The first-order valence-electron chi connectivity index (χ1n) is 3.25. The van der Waals surface area contributed by atoms with Gasteiger partial charge in [0.1, 0.15) is 6.07 Å². The van der Waals surface area contributed by atoms with Crippen LogP contribution in [0.25, 0.3) is 0 Å². The highest BCUT2D eigenvalue weighted by molar-refractivity contribution is 5.48. The second kappa shape index (κ2) is 2.90. The third kappa shape index (κ3) is 1.39. The Kier molecular flexibility index (Phi) is 1.95. The van der Waals surface area contributed by atoms with Crippen LogP contribution >= 0.6 is 0 Å². The van der Waals surface area contributed by atoms with E-state index in [2.05, 4.69) is 5.92 Å². The van der Waals surface area contributed by atoms with E-state index in [9.17, 15) is 0 Å². The van der Waals surface area contributed by atoms with Gasteiger partial charge in [-0.1, -0.05) is 12.0 Å². The molecule has 1 aromatic rings. The molecule has 0 bridgehead atoms. The fourth-order valence-corrected chi connectivity index (χ4v) is 0.875. The van der Waals surface area contributed by atoms with E-state index in [0.717, 1.165) is 5.56 Å². The van der Waals surface area contributed by atoms with Gasteiger partial charge in [0.15, 0.2) is 0 Å². The van der Waals surface area contributed by atoms with Crippen LogP contribution in [0.4, 0.5) is 0 Å². The fraction of sp³-hybridized carbons (Fsp3) is 0.100. The number of rotatable bonds is 0. The summed E-state index contributed by atoms with van der Waals surface area (Å²) < 4.78 is 0. The Hall–Kier alpha value is -1.73. The molecule has 1 heteroatoms. The normalized spacial score (nSPS) is 8.27. The summed E-state index contributed by atoms with van der Waals surface area (Å²) in [6.45, 7) is 1.95. The molecule has 0 atom stereocenters. The van der Waals surface area contributed by atoms with Crippen molar-refractivity contribution in [2.75, 3.05) is 0 Å². The monoisotopic (exact) mass is 141 g/mol. The Balaban J connectivity index is 3.34. The number of aryl methyl sites for hydroxylation is 1. The number of hydrogen-bond acceptors (Lipinski definition) is 1. The average molecular weight is 141 g/mol. The molecule has 0 N–H and O–H groups in total. The van der Waals surface area contributed by atoms with Gasteiger partial charge >= 0.3 is 0 Å². The molecule has 0 radical (unpaired) electrons. The molecule has 0 unspecified atom stereocenters. The van der Waals surface area contributed by atoms with Gasteiger partial charge in [-0.3, -0.25) is 0 Å². The number of terminal acetylenes is 1. The lowest BCUT2D eigenvalue weighted by Gasteiger charge is -1.95. The molecule has 52 valence electrons. The summed E-state index contributed by atoms with van der Waals surface area (Å²) in [5.41, 5.74) is 2.32. The molecule has 0 aromatic heterocycles. The Labute approximate surface area is 66.3 Å². The van der Waals surface area contributed by atoms with Crippen molar-refractivity contribution in [1.82, 2.24) is 0 Å². The molecule has 1 aromatic carbocycles. The third-order valence-corrected chi connectivity index (χ3v) is 1.45. The second-order valence-electron chi connectivity index (χ2n) is 2.31. The topological polar surface area (TPSA) is 23.8 Å². The van der Waals surface area contributed by atoms with Gasteiger partial charge in [0.25, 0.3) is 0 Å². The number of hydrogen-bond donors (Lipinski definition) is 0.